The van der Waals surface area contributed by atoms with Gasteiger partial charge in [-0.25, -0.2) is 9.36 Å². The van der Waals surface area contributed by atoms with Crippen molar-refractivity contribution in [2.45, 2.75) is 0 Å². The summed E-state index contributed by atoms with van der Waals surface area (Å²) in [6, 6.07) is 0. The second-order valence-corrected chi connectivity index (χ2v) is 2.13. The fourth-order valence-corrected chi connectivity index (χ4v) is 0.629. The molecule has 0 spiro atoms. The van der Waals surface area contributed by atoms with E-state index in [2.05, 4.69) is 33.8 Å². The molecule has 0 radical (unpaired) electrons. The summed E-state index contributed by atoms with van der Waals surface area (Å²) in [5.41, 5.74) is 0. The van der Waals surface area contributed by atoms with Gasteiger partial charge in [0.2, 0.25) is 0 Å². The largest absolute Gasteiger partial charge is 0.229 e. The van der Waals surface area contributed by atoms with E-state index in [1.54, 1.807) is 37.2 Å². The van der Waals surface area contributed by atoms with Gasteiger partial charge in [0.25, 0.3) is 0 Å². The lowest BCUT2D eigenvalue weighted by atomic mass is 10.9. The molecule has 0 amide bonds. The van der Waals surface area contributed by atoms with Crippen LogP contribution >= 0.6 is 0 Å². The SMILES string of the molecule is C=Cn1ccnn1.C=Cn1ccnn1. The van der Waals surface area contributed by atoms with Crippen LogP contribution < -0.4 is 0 Å². The number of hydrogen-bond donors (Lipinski definition) is 0. The highest BCUT2D eigenvalue weighted by Gasteiger charge is 1.75. The van der Waals surface area contributed by atoms with Crippen molar-refractivity contribution in [3.05, 3.63) is 37.9 Å². The first-order valence-corrected chi connectivity index (χ1v) is 3.83. The molecule has 0 unspecified atom stereocenters. The topological polar surface area (TPSA) is 61.4 Å². The second kappa shape index (κ2) is 5.41. The Morgan fingerprint density at radius 2 is 1.29 bits per heavy atom. The van der Waals surface area contributed by atoms with Crippen LogP contribution in [0.2, 0.25) is 0 Å². The zero-order valence-electron chi connectivity index (χ0n) is 7.56. The second-order valence-electron chi connectivity index (χ2n) is 2.13. The van der Waals surface area contributed by atoms with Gasteiger partial charge in [0, 0.05) is 12.4 Å². The molecule has 2 aromatic rings. The van der Waals surface area contributed by atoms with Crippen molar-refractivity contribution in [3.63, 3.8) is 0 Å². The van der Waals surface area contributed by atoms with Gasteiger partial charge in [0.05, 0.1) is 24.8 Å². The van der Waals surface area contributed by atoms with Gasteiger partial charge < -0.3 is 0 Å². The van der Waals surface area contributed by atoms with E-state index in [1.807, 2.05) is 0 Å². The summed E-state index contributed by atoms with van der Waals surface area (Å²) >= 11 is 0. The normalized spacial score (nSPS) is 8.57. The summed E-state index contributed by atoms with van der Waals surface area (Å²) in [6.45, 7) is 6.93. The molecule has 2 heterocycles. The summed E-state index contributed by atoms with van der Waals surface area (Å²) in [5, 5.41) is 14.2. The average molecular weight is 190 g/mol. The van der Waals surface area contributed by atoms with Crippen LogP contribution in [0.15, 0.2) is 37.9 Å². The van der Waals surface area contributed by atoms with Gasteiger partial charge in [-0.05, 0) is 0 Å². The Kier molecular flexibility index (Phi) is 3.81. The van der Waals surface area contributed by atoms with Crippen LogP contribution in [0.25, 0.3) is 12.4 Å². The van der Waals surface area contributed by atoms with E-state index in [1.165, 1.54) is 9.36 Å². The Bertz CT molecular complexity index is 322. The quantitative estimate of drug-likeness (QED) is 0.701. The van der Waals surface area contributed by atoms with Crippen LogP contribution in [0.4, 0.5) is 0 Å². The lowest BCUT2D eigenvalue weighted by molar-refractivity contribution is 0.842. The van der Waals surface area contributed by atoms with Crippen molar-refractivity contribution < 1.29 is 0 Å². The summed E-state index contributed by atoms with van der Waals surface area (Å²) in [6.07, 6.45) is 9.78. The van der Waals surface area contributed by atoms with Crippen molar-refractivity contribution in [1.82, 2.24) is 30.0 Å². The third-order valence-electron chi connectivity index (χ3n) is 1.26. The molecule has 0 aliphatic heterocycles. The molecule has 0 N–H and O–H groups in total. The summed E-state index contributed by atoms with van der Waals surface area (Å²) < 4.78 is 3.06. The first-order valence-electron chi connectivity index (χ1n) is 3.83. The molecule has 0 bridgehead atoms. The Labute approximate surface area is 81.2 Å². The lowest BCUT2D eigenvalue weighted by Gasteiger charge is -1.78. The molecule has 6 heteroatoms. The number of nitrogens with zero attached hydrogens (tertiary/aromatic N) is 6. The summed E-state index contributed by atoms with van der Waals surface area (Å²) in [7, 11) is 0. The fraction of sp³-hybridized carbons (Fsp3) is 0. The van der Waals surface area contributed by atoms with Crippen molar-refractivity contribution in [3.8, 4) is 0 Å². The van der Waals surface area contributed by atoms with Crippen LogP contribution in [0.1, 0.15) is 0 Å². The van der Waals surface area contributed by atoms with Gasteiger partial charge >= 0.3 is 0 Å². The Balaban J connectivity index is 0.000000140. The van der Waals surface area contributed by atoms with Crippen molar-refractivity contribution in [2.75, 3.05) is 0 Å². The zero-order chi connectivity index (χ0) is 10.2. The Morgan fingerprint density at radius 1 is 0.857 bits per heavy atom. The van der Waals surface area contributed by atoms with Gasteiger partial charge in [-0.15, -0.1) is 10.2 Å². The number of aromatic nitrogens is 6. The van der Waals surface area contributed by atoms with Gasteiger partial charge in [0.15, 0.2) is 0 Å². The molecule has 0 saturated carbocycles. The highest BCUT2D eigenvalue weighted by molar-refractivity contribution is 5.11. The smallest absolute Gasteiger partial charge is 0.0697 e. The van der Waals surface area contributed by atoms with Crippen LogP contribution in [0.3, 0.4) is 0 Å². The predicted molar refractivity (Wildman–Crippen MR) is 52.8 cm³/mol. The van der Waals surface area contributed by atoms with E-state index in [4.69, 9.17) is 0 Å². The Morgan fingerprint density at radius 3 is 1.43 bits per heavy atom. The molecule has 0 atom stereocenters. The summed E-state index contributed by atoms with van der Waals surface area (Å²) in [4.78, 5) is 0. The van der Waals surface area contributed by atoms with Crippen LogP contribution in [-0.2, 0) is 0 Å². The van der Waals surface area contributed by atoms with Crippen molar-refractivity contribution in [1.29, 1.82) is 0 Å². The average Bonchev–Trinajstić information content (AvgIpc) is 2.92. The molecule has 0 saturated heterocycles. The first-order chi connectivity index (χ1) is 6.86. The monoisotopic (exact) mass is 190 g/mol. The van der Waals surface area contributed by atoms with Crippen molar-refractivity contribution >= 4 is 12.4 Å². The number of hydrogen-bond acceptors (Lipinski definition) is 4. The first kappa shape index (κ1) is 9.85. The van der Waals surface area contributed by atoms with Gasteiger partial charge in [-0.3, -0.25) is 0 Å². The van der Waals surface area contributed by atoms with Gasteiger partial charge in [0.1, 0.15) is 0 Å². The molecule has 2 aromatic heterocycles. The molecule has 0 aromatic carbocycles. The maximum Gasteiger partial charge on any atom is 0.0697 e. The molecular formula is C8H10N6. The van der Waals surface area contributed by atoms with Crippen LogP contribution in [-0.4, -0.2) is 30.0 Å². The Hall–Kier alpha value is -2.24. The fourth-order valence-electron chi connectivity index (χ4n) is 0.629. The van der Waals surface area contributed by atoms with E-state index in [-0.39, 0.29) is 0 Å². The van der Waals surface area contributed by atoms with E-state index >= 15 is 0 Å². The molecule has 2 rings (SSSR count). The van der Waals surface area contributed by atoms with E-state index < -0.39 is 0 Å². The van der Waals surface area contributed by atoms with Crippen molar-refractivity contribution in [2.24, 2.45) is 0 Å². The molecule has 14 heavy (non-hydrogen) atoms. The minimum Gasteiger partial charge on any atom is -0.229 e. The van der Waals surface area contributed by atoms with Crippen LogP contribution in [0, 0.1) is 0 Å². The minimum absolute atomic E-state index is 1.53. The molecule has 0 aliphatic carbocycles. The highest BCUT2D eigenvalue weighted by atomic mass is 15.4. The molecule has 72 valence electrons. The van der Waals surface area contributed by atoms with Crippen LogP contribution in [0.5, 0.6) is 0 Å². The number of rotatable bonds is 2. The van der Waals surface area contributed by atoms with Gasteiger partial charge in [-0.2, -0.15) is 0 Å². The maximum absolute atomic E-state index is 3.58. The summed E-state index contributed by atoms with van der Waals surface area (Å²) in [5.74, 6) is 0. The van der Waals surface area contributed by atoms with Gasteiger partial charge in [-0.1, -0.05) is 23.6 Å². The maximum atomic E-state index is 3.58. The highest BCUT2D eigenvalue weighted by Crippen LogP contribution is 1.76. The third kappa shape index (κ3) is 3.02. The predicted octanol–water partition coefficient (Wildman–Crippen LogP) is 0.757. The third-order valence-corrected chi connectivity index (χ3v) is 1.26. The standard InChI is InChI=1S/2C4H5N3/c2*1-2-7-4-3-5-6-7/h2*2-4H,1H2. The minimum atomic E-state index is 1.53. The molecule has 0 aliphatic rings. The van der Waals surface area contributed by atoms with E-state index in [0.29, 0.717) is 0 Å². The molecule has 0 fully saturated rings. The lowest BCUT2D eigenvalue weighted by Crippen LogP contribution is -1.83. The van der Waals surface area contributed by atoms with E-state index in [0.717, 1.165) is 0 Å². The molecule has 6 nitrogen and oxygen atoms in total. The van der Waals surface area contributed by atoms with E-state index in [9.17, 15) is 0 Å². The zero-order valence-corrected chi connectivity index (χ0v) is 7.56. The molecular weight excluding hydrogens is 180 g/mol.